The number of aromatic amines is 1. The summed E-state index contributed by atoms with van der Waals surface area (Å²) in [5, 5.41) is 5.97. The van der Waals surface area contributed by atoms with Gasteiger partial charge in [-0.3, -0.25) is 19.5 Å². The first-order valence-corrected chi connectivity index (χ1v) is 7.26. The maximum Gasteiger partial charge on any atom is 0.328 e. The van der Waals surface area contributed by atoms with Crippen LogP contribution >= 0.6 is 0 Å². The predicted octanol–water partition coefficient (Wildman–Crippen LogP) is 1.27. The Hall–Kier alpha value is -3.49. The number of benzene rings is 1. The number of nitrogens with zero attached hydrogens (tertiary/aromatic N) is 2. The molecule has 2 aromatic heterocycles. The van der Waals surface area contributed by atoms with Crippen LogP contribution in [0, 0.1) is 12.7 Å². The van der Waals surface area contributed by atoms with Crippen molar-refractivity contribution in [1.82, 2.24) is 14.7 Å². The second kappa shape index (κ2) is 6.56. The van der Waals surface area contributed by atoms with Gasteiger partial charge in [0.15, 0.2) is 0 Å². The van der Waals surface area contributed by atoms with Crippen LogP contribution in [0.25, 0.3) is 0 Å². The molecule has 1 aromatic carbocycles. The third-order valence-electron chi connectivity index (χ3n) is 3.46. The van der Waals surface area contributed by atoms with Gasteiger partial charge in [-0.2, -0.15) is 0 Å². The van der Waals surface area contributed by atoms with Crippen molar-refractivity contribution >= 4 is 11.8 Å². The zero-order valence-corrected chi connectivity index (χ0v) is 13.1. The second-order valence-electron chi connectivity index (χ2n) is 5.28. The maximum atomic E-state index is 13.8. The fourth-order valence-corrected chi connectivity index (χ4v) is 2.22. The van der Waals surface area contributed by atoms with Gasteiger partial charge in [0.1, 0.15) is 11.4 Å². The van der Waals surface area contributed by atoms with Crippen LogP contribution in [0.2, 0.25) is 0 Å². The fourth-order valence-electron chi connectivity index (χ4n) is 2.22. The van der Waals surface area contributed by atoms with Crippen LogP contribution in [0.15, 0.2) is 50.6 Å². The normalized spacial score (nSPS) is 10.6. The van der Waals surface area contributed by atoms with E-state index in [0.29, 0.717) is 5.69 Å². The molecule has 0 bridgehead atoms. The highest BCUT2D eigenvalue weighted by Gasteiger charge is 2.17. The Kier molecular flexibility index (Phi) is 4.29. The van der Waals surface area contributed by atoms with E-state index in [1.165, 1.54) is 24.3 Å². The molecule has 128 valence electrons. The Balaban J connectivity index is 1.94. The number of carbonyl (C=O) groups excluding carboxylic acids is 1. The van der Waals surface area contributed by atoms with Crippen LogP contribution in [0.1, 0.15) is 21.6 Å². The Morgan fingerprint density at radius 2 is 2.12 bits per heavy atom. The van der Waals surface area contributed by atoms with Crippen LogP contribution in [0.4, 0.5) is 10.3 Å². The number of aromatic nitrogens is 3. The molecule has 0 unspecified atom stereocenters. The van der Waals surface area contributed by atoms with Crippen molar-refractivity contribution in [3.05, 3.63) is 80.0 Å². The summed E-state index contributed by atoms with van der Waals surface area (Å²) in [5.74, 6) is -1.27. The van der Waals surface area contributed by atoms with E-state index in [0.717, 1.165) is 10.8 Å². The zero-order valence-electron chi connectivity index (χ0n) is 13.1. The van der Waals surface area contributed by atoms with E-state index in [2.05, 4.69) is 15.5 Å². The summed E-state index contributed by atoms with van der Waals surface area (Å²) in [4.78, 5) is 38.9. The number of hydrogen-bond acceptors (Lipinski definition) is 5. The molecule has 0 saturated carbocycles. The first-order chi connectivity index (χ1) is 12.0. The number of amides is 1. The van der Waals surface area contributed by atoms with Crippen molar-refractivity contribution in [2.24, 2.45) is 0 Å². The van der Waals surface area contributed by atoms with Gasteiger partial charge in [-0.1, -0.05) is 23.4 Å². The van der Waals surface area contributed by atoms with Crippen molar-refractivity contribution in [1.29, 1.82) is 0 Å². The van der Waals surface area contributed by atoms with Crippen molar-refractivity contribution < 1.29 is 13.7 Å². The molecular weight excluding hydrogens is 331 g/mol. The van der Waals surface area contributed by atoms with Crippen molar-refractivity contribution in [2.75, 3.05) is 5.32 Å². The minimum absolute atomic E-state index is 0.0637. The summed E-state index contributed by atoms with van der Waals surface area (Å²) in [5.41, 5.74) is -1.21. The molecule has 9 heteroatoms. The number of aryl methyl sites for hydroxylation is 1. The molecule has 2 N–H and O–H groups in total. The van der Waals surface area contributed by atoms with Crippen LogP contribution in [0.3, 0.4) is 0 Å². The highest BCUT2D eigenvalue weighted by Crippen LogP contribution is 2.09. The SMILES string of the molecule is Cc1cc(NC(=O)c2c[nH]c(=O)n(Cc3ccccc3F)c2=O)on1. The molecule has 3 rings (SSSR count). The highest BCUT2D eigenvalue weighted by molar-refractivity contribution is 6.03. The molecule has 8 nitrogen and oxygen atoms in total. The summed E-state index contributed by atoms with van der Waals surface area (Å²) >= 11 is 0. The van der Waals surface area contributed by atoms with Gasteiger partial charge in [0.05, 0.1) is 12.2 Å². The molecule has 0 fully saturated rings. The smallest absolute Gasteiger partial charge is 0.328 e. The number of anilines is 1. The number of hydrogen-bond donors (Lipinski definition) is 2. The van der Waals surface area contributed by atoms with Gasteiger partial charge >= 0.3 is 5.69 Å². The van der Waals surface area contributed by atoms with E-state index in [9.17, 15) is 18.8 Å². The predicted molar refractivity (Wildman–Crippen MR) is 86.0 cm³/mol. The molecule has 0 saturated heterocycles. The number of carbonyl (C=O) groups is 1. The first kappa shape index (κ1) is 16.4. The lowest BCUT2D eigenvalue weighted by molar-refractivity contribution is 0.102. The second-order valence-corrected chi connectivity index (χ2v) is 5.28. The minimum atomic E-state index is -0.847. The van der Waals surface area contributed by atoms with Gasteiger partial charge in [0.25, 0.3) is 11.5 Å². The van der Waals surface area contributed by atoms with Gasteiger partial charge in [-0.05, 0) is 13.0 Å². The Morgan fingerprint density at radius 1 is 1.36 bits per heavy atom. The quantitative estimate of drug-likeness (QED) is 0.741. The van der Waals surface area contributed by atoms with E-state index in [1.54, 1.807) is 13.0 Å². The molecule has 2 heterocycles. The number of halogens is 1. The third-order valence-corrected chi connectivity index (χ3v) is 3.46. The Bertz CT molecular complexity index is 1050. The Morgan fingerprint density at radius 3 is 2.80 bits per heavy atom. The number of nitrogens with one attached hydrogen (secondary N) is 2. The van der Waals surface area contributed by atoms with E-state index in [4.69, 9.17) is 4.52 Å². The number of H-pyrrole nitrogens is 1. The molecule has 0 aliphatic heterocycles. The van der Waals surface area contributed by atoms with Gasteiger partial charge < -0.3 is 9.51 Å². The van der Waals surface area contributed by atoms with Gasteiger partial charge in [-0.25, -0.2) is 9.18 Å². The third kappa shape index (κ3) is 3.39. The zero-order chi connectivity index (χ0) is 18.0. The lowest BCUT2D eigenvalue weighted by Gasteiger charge is -2.07. The van der Waals surface area contributed by atoms with Gasteiger partial charge in [0.2, 0.25) is 5.88 Å². The highest BCUT2D eigenvalue weighted by atomic mass is 19.1. The summed E-state index contributed by atoms with van der Waals surface area (Å²) in [6, 6.07) is 7.22. The van der Waals surface area contributed by atoms with E-state index >= 15 is 0 Å². The van der Waals surface area contributed by atoms with Gasteiger partial charge in [0, 0.05) is 17.8 Å². The monoisotopic (exact) mass is 344 g/mol. The van der Waals surface area contributed by atoms with Crippen molar-refractivity contribution in [3.63, 3.8) is 0 Å². The molecule has 0 atom stereocenters. The number of rotatable bonds is 4. The lowest BCUT2D eigenvalue weighted by Crippen LogP contribution is -2.39. The molecular formula is C16H13FN4O4. The van der Waals surface area contributed by atoms with Crippen LogP contribution in [-0.2, 0) is 6.54 Å². The van der Waals surface area contributed by atoms with Crippen LogP contribution < -0.4 is 16.6 Å². The van der Waals surface area contributed by atoms with Crippen molar-refractivity contribution in [3.8, 4) is 0 Å². The first-order valence-electron chi connectivity index (χ1n) is 7.26. The Labute approximate surface area is 139 Å². The summed E-state index contributed by atoms with van der Waals surface area (Å²) in [6.07, 6.45) is 1.00. The standard InChI is InChI=1S/C16H13FN4O4/c1-9-6-13(25-20-9)19-14(22)11-7-18-16(24)21(15(11)23)8-10-4-2-3-5-12(10)17/h2-7H,8H2,1H3,(H,18,24)(H,19,22). The topological polar surface area (TPSA) is 110 Å². The molecule has 25 heavy (non-hydrogen) atoms. The summed E-state index contributed by atoms with van der Waals surface area (Å²) in [7, 11) is 0. The average Bonchev–Trinajstić information content (AvgIpc) is 2.98. The minimum Gasteiger partial charge on any atom is -0.338 e. The molecule has 0 aliphatic rings. The maximum absolute atomic E-state index is 13.8. The lowest BCUT2D eigenvalue weighted by atomic mass is 10.2. The van der Waals surface area contributed by atoms with E-state index < -0.39 is 23.0 Å². The fraction of sp³-hybridized carbons (Fsp3) is 0.125. The van der Waals surface area contributed by atoms with Crippen LogP contribution in [-0.4, -0.2) is 20.6 Å². The molecule has 1 amide bonds. The molecule has 0 aliphatic carbocycles. The van der Waals surface area contributed by atoms with Crippen LogP contribution in [0.5, 0.6) is 0 Å². The summed E-state index contributed by atoms with van der Waals surface area (Å²) in [6.45, 7) is 1.37. The average molecular weight is 344 g/mol. The van der Waals surface area contributed by atoms with E-state index in [1.807, 2.05) is 0 Å². The largest absolute Gasteiger partial charge is 0.338 e. The summed E-state index contributed by atoms with van der Waals surface area (Å²) < 4.78 is 19.4. The van der Waals surface area contributed by atoms with E-state index in [-0.39, 0.29) is 23.6 Å². The molecule has 0 spiro atoms. The molecule has 3 aromatic rings. The van der Waals surface area contributed by atoms with Crippen molar-refractivity contribution in [2.45, 2.75) is 13.5 Å². The van der Waals surface area contributed by atoms with Gasteiger partial charge in [-0.15, -0.1) is 0 Å². The molecule has 0 radical (unpaired) electrons.